The molecule has 0 unspecified atom stereocenters. The van der Waals surface area contributed by atoms with E-state index in [0.717, 1.165) is 0 Å². The Morgan fingerprint density at radius 3 is 2.59 bits per heavy atom. The van der Waals surface area contributed by atoms with Crippen LogP contribution in [-0.2, 0) is 0 Å². The first-order valence-corrected chi connectivity index (χ1v) is 5.29. The van der Waals surface area contributed by atoms with Gasteiger partial charge in [0.2, 0.25) is 11.7 Å². The van der Waals surface area contributed by atoms with E-state index in [9.17, 15) is 4.79 Å². The topological polar surface area (TPSA) is 76.5 Å². The monoisotopic (exact) mass is 235 g/mol. The van der Waals surface area contributed by atoms with Crippen molar-refractivity contribution in [2.75, 3.05) is 0 Å². The summed E-state index contributed by atoms with van der Waals surface area (Å²) in [6, 6.07) is 1.71. The molecule has 0 fully saturated rings. The molecule has 0 aliphatic carbocycles. The first-order valence-electron chi connectivity index (χ1n) is 5.29. The number of carbonyl (C=O) groups is 1. The number of aromatic nitrogens is 1. The lowest BCUT2D eigenvalue weighted by molar-refractivity contribution is 0.0661. The second kappa shape index (κ2) is 4.08. The van der Waals surface area contributed by atoms with Crippen LogP contribution in [0.2, 0.25) is 0 Å². The maximum absolute atomic E-state index is 11.0. The zero-order chi connectivity index (χ0) is 12.6. The lowest BCUT2D eigenvalue weighted by Gasteiger charge is -1.98. The number of nitrogens with zero attached hydrogens (tertiary/aromatic N) is 1. The molecule has 0 saturated carbocycles. The minimum Gasteiger partial charge on any atom is -0.475 e. The third kappa shape index (κ3) is 1.95. The van der Waals surface area contributed by atoms with Gasteiger partial charge in [0.1, 0.15) is 5.76 Å². The van der Waals surface area contributed by atoms with Gasteiger partial charge < -0.3 is 13.9 Å². The SMILES string of the molecule is Cc1occc1-c1nc(C(C)C)c(C(=O)O)o1. The molecule has 0 aliphatic rings. The van der Waals surface area contributed by atoms with E-state index in [2.05, 4.69) is 4.98 Å². The molecule has 0 spiro atoms. The largest absolute Gasteiger partial charge is 0.475 e. The van der Waals surface area contributed by atoms with Gasteiger partial charge in [-0.2, -0.15) is 0 Å². The van der Waals surface area contributed by atoms with Crippen LogP contribution in [0.15, 0.2) is 21.2 Å². The fourth-order valence-electron chi connectivity index (χ4n) is 1.60. The Labute approximate surface area is 98.1 Å². The lowest BCUT2D eigenvalue weighted by Crippen LogP contribution is -2.01. The van der Waals surface area contributed by atoms with Crippen molar-refractivity contribution < 1.29 is 18.7 Å². The Hall–Kier alpha value is -2.04. The second-order valence-corrected chi connectivity index (χ2v) is 4.08. The van der Waals surface area contributed by atoms with E-state index in [4.69, 9.17) is 13.9 Å². The van der Waals surface area contributed by atoms with Gasteiger partial charge in [-0.25, -0.2) is 9.78 Å². The average Bonchev–Trinajstić information content (AvgIpc) is 2.82. The third-order valence-electron chi connectivity index (χ3n) is 2.48. The molecule has 2 rings (SSSR count). The lowest BCUT2D eigenvalue weighted by atomic mass is 10.1. The van der Waals surface area contributed by atoms with E-state index >= 15 is 0 Å². The smallest absolute Gasteiger partial charge is 0.373 e. The van der Waals surface area contributed by atoms with Crippen LogP contribution in [0, 0.1) is 6.92 Å². The fraction of sp³-hybridized carbons (Fsp3) is 0.333. The highest BCUT2D eigenvalue weighted by molar-refractivity contribution is 5.86. The summed E-state index contributed by atoms with van der Waals surface area (Å²) < 4.78 is 10.4. The molecule has 0 amide bonds. The van der Waals surface area contributed by atoms with Crippen LogP contribution < -0.4 is 0 Å². The van der Waals surface area contributed by atoms with Gasteiger partial charge in [-0.3, -0.25) is 0 Å². The van der Waals surface area contributed by atoms with Gasteiger partial charge in [0.15, 0.2) is 0 Å². The molecular formula is C12H13NO4. The third-order valence-corrected chi connectivity index (χ3v) is 2.48. The highest BCUT2D eigenvalue weighted by atomic mass is 16.4. The number of carboxylic acids is 1. The summed E-state index contributed by atoms with van der Waals surface area (Å²) in [6.45, 7) is 5.52. The molecule has 0 aliphatic heterocycles. The minimum atomic E-state index is -1.10. The van der Waals surface area contributed by atoms with E-state index in [1.165, 1.54) is 6.26 Å². The molecule has 2 heterocycles. The van der Waals surface area contributed by atoms with Gasteiger partial charge in [-0.1, -0.05) is 13.8 Å². The van der Waals surface area contributed by atoms with Crippen LogP contribution in [0.25, 0.3) is 11.5 Å². The number of oxazole rings is 1. The molecule has 2 aromatic rings. The van der Waals surface area contributed by atoms with Crippen molar-refractivity contribution >= 4 is 5.97 Å². The van der Waals surface area contributed by atoms with Crippen molar-refractivity contribution in [1.29, 1.82) is 0 Å². The van der Waals surface area contributed by atoms with Crippen molar-refractivity contribution in [3.8, 4) is 11.5 Å². The number of furan rings is 1. The molecule has 0 atom stereocenters. The number of hydrogen-bond donors (Lipinski definition) is 1. The molecule has 0 aromatic carbocycles. The molecular weight excluding hydrogens is 222 g/mol. The Bertz CT molecular complexity index is 551. The summed E-state index contributed by atoms with van der Waals surface area (Å²) in [4.78, 5) is 15.3. The number of aryl methyl sites for hydroxylation is 1. The van der Waals surface area contributed by atoms with Crippen molar-refractivity contribution in [1.82, 2.24) is 4.98 Å². The van der Waals surface area contributed by atoms with Crippen LogP contribution in [-0.4, -0.2) is 16.1 Å². The standard InChI is InChI=1S/C12H13NO4/c1-6(2)9-10(12(14)15)17-11(13-9)8-4-5-16-7(8)3/h4-6H,1-3H3,(H,14,15). The summed E-state index contributed by atoms with van der Waals surface area (Å²) in [7, 11) is 0. The first-order chi connectivity index (χ1) is 8.00. The average molecular weight is 235 g/mol. The van der Waals surface area contributed by atoms with Crippen molar-refractivity contribution in [3.05, 3.63) is 29.5 Å². The van der Waals surface area contributed by atoms with Gasteiger partial charge in [-0.05, 0) is 18.9 Å². The van der Waals surface area contributed by atoms with Crippen molar-refractivity contribution in [2.45, 2.75) is 26.7 Å². The van der Waals surface area contributed by atoms with E-state index in [1.807, 2.05) is 13.8 Å². The van der Waals surface area contributed by atoms with Crippen LogP contribution in [0.1, 0.15) is 41.8 Å². The Kier molecular flexibility index (Phi) is 2.75. The summed E-state index contributed by atoms with van der Waals surface area (Å²) in [5.74, 6) is -0.272. The van der Waals surface area contributed by atoms with Crippen LogP contribution in [0.4, 0.5) is 0 Å². The highest BCUT2D eigenvalue weighted by Gasteiger charge is 2.23. The van der Waals surface area contributed by atoms with Gasteiger partial charge in [0, 0.05) is 0 Å². The number of rotatable bonds is 3. The molecule has 0 radical (unpaired) electrons. The molecule has 5 heteroatoms. The van der Waals surface area contributed by atoms with E-state index in [-0.39, 0.29) is 17.6 Å². The maximum atomic E-state index is 11.0. The summed E-state index contributed by atoms with van der Waals surface area (Å²) in [6.07, 6.45) is 1.52. The van der Waals surface area contributed by atoms with Crippen molar-refractivity contribution in [3.63, 3.8) is 0 Å². The predicted molar refractivity (Wildman–Crippen MR) is 60.0 cm³/mol. The Morgan fingerprint density at radius 1 is 1.47 bits per heavy atom. The zero-order valence-corrected chi connectivity index (χ0v) is 9.85. The minimum absolute atomic E-state index is 0.00851. The molecule has 0 saturated heterocycles. The fourth-order valence-corrected chi connectivity index (χ4v) is 1.60. The molecule has 0 bridgehead atoms. The maximum Gasteiger partial charge on any atom is 0.373 e. The van der Waals surface area contributed by atoms with Gasteiger partial charge >= 0.3 is 5.97 Å². The summed E-state index contributed by atoms with van der Waals surface area (Å²) in [5, 5.41) is 9.04. The van der Waals surface area contributed by atoms with Crippen molar-refractivity contribution in [2.24, 2.45) is 0 Å². The zero-order valence-electron chi connectivity index (χ0n) is 9.85. The second-order valence-electron chi connectivity index (χ2n) is 4.08. The first kappa shape index (κ1) is 11.4. The van der Waals surface area contributed by atoms with Crippen LogP contribution in [0.3, 0.4) is 0 Å². The van der Waals surface area contributed by atoms with Crippen LogP contribution >= 0.6 is 0 Å². The van der Waals surface area contributed by atoms with E-state index in [1.54, 1.807) is 13.0 Å². The molecule has 17 heavy (non-hydrogen) atoms. The van der Waals surface area contributed by atoms with E-state index in [0.29, 0.717) is 17.0 Å². The van der Waals surface area contributed by atoms with Crippen LogP contribution in [0.5, 0.6) is 0 Å². The van der Waals surface area contributed by atoms with Gasteiger partial charge in [0.05, 0.1) is 17.5 Å². The molecule has 5 nitrogen and oxygen atoms in total. The Balaban J connectivity index is 2.55. The van der Waals surface area contributed by atoms with Gasteiger partial charge in [0.25, 0.3) is 0 Å². The van der Waals surface area contributed by atoms with E-state index < -0.39 is 5.97 Å². The molecule has 1 N–H and O–H groups in total. The summed E-state index contributed by atoms with van der Waals surface area (Å²) in [5.41, 5.74) is 1.13. The number of hydrogen-bond acceptors (Lipinski definition) is 4. The Morgan fingerprint density at radius 2 is 2.18 bits per heavy atom. The molecule has 90 valence electrons. The highest BCUT2D eigenvalue weighted by Crippen LogP contribution is 2.28. The number of aromatic carboxylic acids is 1. The summed E-state index contributed by atoms with van der Waals surface area (Å²) >= 11 is 0. The molecule has 2 aromatic heterocycles. The van der Waals surface area contributed by atoms with Gasteiger partial charge in [-0.15, -0.1) is 0 Å². The number of carboxylic acid groups (broad SMARTS) is 1. The quantitative estimate of drug-likeness (QED) is 0.884. The normalized spacial score (nSPS) is 11.1. The predicted octanol–water partition coefficient (Wildman–Crippen LogP) is 3.06.